The summed E-state index contributed by atoms with van der Waals surface area (Å²) in [7, 11) is 0. The SMILES string of the molecule is C=CCN(CCC)C(=O)c1ccc(F)c(C(F)(F)F)c1. The molecule has 0 atom stereocenters. The molecule has 0 fully saturated rings. The second-order valence-corrected chi connectivity index (χ2v) is 4.23. The number of benzene rings is 1. The van der Waals surface area contributed by atoms with Gasteiger partial charge < -0.3 is 4.90 Å². The number of alkyl halides is 3. The van der Waals surface area contributed by atoms with Gasteiger partial charge in [-0.05, 0) is 24.6 Å². The van der Waals surface area contributed by atoms with Crippen molar-refractivity contribution in [2.24, 2.45) is 0 Å². The first-order chi connectivity index (χ1) is 9.31. The maximum absolute atomic E-state index is 13.2. The summed E-state index contributed by atoms with van der Waals surface area (Å²) in [4.78, 5) is 13.5. The van der Waals surface area contributed by atoms with Crippen molar-refractivity contribution in [3.05, 3.63) is 47.8 Å². The Labute approximate surface area is 114 Å². The van der Waals surface area contributed by atoms with Gasteiger partial charge in [-0.3, -0.25) is 4.79 Å². The molecule has 6 heteroatoms. The van der Waals surface area contributed by atoms with Gasteiger partial charge >= 0.3 is 6.18 Å². The first kappa shape index (κ1) is 16.2. The van der Waals surface area contributed by atoms with Crippen molar-refractivity contribution in [3.63, 3.8) is 0 Å². The van der Waals surface area contributed by atoms with Gasteiger partial charge in [-0.1, -0.05) is 13.0 Å². The molecule has 0 saturated carbocycles. The lowest BCUT2D eigenvalue weighted by Gasteiger charge is -2.21. The molecule has 0 N–H and O–H groups in total. The molecule has 1 aromatic carbocycles. The van der Waals surface area contributed by atoms with E-state index < -0.39 is 23.5 Å². The van der Waals surface area contributed by atoms with E-state index in [1.165, 1.54) is 11.0 Å². The van der Waals surface area contributed by atoms with Gasteiger partial charge in [0.2, 0.25) is 0 Å². The van der Waals surface area contributed by atoms with Crippen molar-refractivity contribution in [2.45, 2.75) is 19.5 Å². The Morgan fingerprint density at radius 3 is 2.55 bits per heavy atom. The summed E-state index contributed by atoms with van der Waals surface area (Å²) in [6.45, 7) is 5.96. The fourth-order valence-corrected chi connectivity index (χ4v) is 1.76. The highest BCUT2D eigenvalue weighted by atomic mass is 19.4. The maximum atomic E-state index is 13.2. The van der Waals surface area contributed by atoms with Crippen molar-refractivity contribution in [3.8, 4) is 0 Å². The number of rotatable bonds is 5. The number of hydrogen-bond donors (Lipinski definition) is 0. The van der Waals surface area contributed by atoms with Crippen LogP contribution >= 0.6 is 0 Å². The third-order valence-electron chi connectivity index (χ3n) is 2.65. The highest BCUT2D eigenvalue weighted by Gasteiger charge is 2.35. The number of halogens is 4. The molecule has 110 valence electrons. The fourth-order valence-electron chi connectivity index (χ4n) is 1.76. The topological polar surface area (TPSA) is 20.3 Å². The van der Waals surface area contributed by atoms with Crippen LogP contribution in [0.15, 0.2) is 30.9 Å². The van der Waals surface area contributed by atoms with Crippen molar-refractivity contribution in [1.82, 2.24) is 4.90 Å². The van der Waals surface area contributed by atoms with E-state index in [4.69, 9.17) is 0 Å². The Balaban J connectivity index is 3.13. The molecule has 0 aliphatic carbocycles. The van der Waals surface area contributed by atoms with Crippen molar-refractivity contribution < 1.29 is 22.4 Å². The number of amides is 1. The smallest absolute Gasteiger partial charge is 0.335 e. The van der Waals surface area contributed by atoms with Crippen molar-refractivity contribution in [1.29, 1.82) is 0 Å². The van der Waals surface area contributed by atoms with E-state index in [1.54, 1.807) is 0 Å². The first-order valence-corrected chi connectivity index (χ1v) is 6.08. The molecule has 0 saturated heterocycles. The lowest BCUT2D eigenvalue weighted by atomic mass is 10.1. The molecule has 0 aliphatic rings. The minimum absolute atomic E-state index is 0.186. The molecular formula is C14H15F4NO. The summed E-state index contributed by atoms with van der Waals surface area (Å²) in [5.74, 6) is -1.96. The normalized spacial score (nSPS) is 11.2. The van der Waals surface area contributed by atoms with E-state index in [2.05, 4.69) is 6.58 Å². The molecule has 0 aromatic heterocycles. The standard InChI is InChI=1S/C14H15F4NO/c1-3-7-19(8-4-2)13(20)10-5-6-12(15)11(9-10)14(16,17)18/h3,5-6,9H,1,4,7-8H2,2H3. The van der Waals surface area contributed by atoms with Gasteiger partial charge in [0.15, 0.2) is 0 Å². The summed E-state index contributed by atoms with van der Waals surface area (Å²) in [6.07, 6.45) is -2.68. The Morgan fingerprint density at radius 2 is 2.05 bits per heavy atom. The van der Waals surface area contributed by atoms with E-state index in [1.807, 2.05) is 6.92 Å². The first-order valence-electron chi connectivity index (χ1n) is 6.08. The Kier molecular flexibility index (Phi) is 5.30. The monoisotopic (exact) mass is 289 g/mol. The number of hydrogen-bond acceptors (Lipinski definition) is 1. The predicted octanol–water partition coefficient (Wildman–Crippen LogP) is 3.88. The molecule has 0 bridgehead atoms. The second kappa shape index (κ2) is 6.54. The third-order valence-corrected chi connectivity index (χ3v) is 2.65. The van der Waals surface area contributed by atoms with Crippen LogP contribution in [0.25, 0.3) is 0 Å². The van der Waals surface area contributed by atoms with Crippen LogP contribution in [0, 0.1) is 5.82 Å². The van der Waals surface area contributed by atoms with Gasteiger partial charge in [-0.15, -0.1) is 6.58 Å². The Bertz CT molecular complexity index is 496. The van der Waals surface area contributed by atoms with E-state index >= 15 is 0 Å². The minimum Gasteiger partial charge on any atom is -0.335 e. The lowest BCUT2D eigenvalue weighted by molar-refractivity contribution is -0.140. The molecule has 1 rings (SSSR count). The zero-order chi connectivity index (χ0) is 15.3. The third kappa shape index (κ3) is 3.82. The number of carbonyl (C=O) groups excluding carboxylic acids is 1. The molecular weight excluding hydrogens is 274 g/mol. The summed E-state index contributed by atoms with van der Waals surface area (Å²) >= 11 is 0. The van der Waals surface area contributed by atoms with Crippen LogP contribution in [0.4, 0.5) is 17.6 Å². The van der Waals surface area contributed by atoms with Gasteiger partial charge in [-0.25, -0.2) is 4.39 Å². The zero-order valence-corrected chi connectivity index (χ0v) is 11.0. The average Bonchev–Trinajstić information content (AvgIpc) is 2.37. The van der Waals surface area contributed by atoms with Crippen LogP contribution in [-0.4, -0.2) is 23.9 Å². The number of carbonyl (C=O) groups is 1. The summed E-state index contributed by atoms with van der Waals surface area (Å²) in [6, 6.07) is 2.26. The highest BCUT2D eigenvalue weighted by molar-refractivity contribution is 5.94. The average molecular weight is 289 g/mol. The van der Waals surface area contributed by atoms with E-state index in [9.17, 15) is 22.4 Å². The van der Waals surface area contributed by atoms with Gasteiger partial charge in [0.05, 0.1) is 5.56 Å². The molecule has 1 amide bonds. The van der Waals surface area contributed by atoms with Crippen LogP contribution in [0.2, 0.25) is 0 Å². The molecule has 0 spiro atoms. The molecule has 2 nitrogen and oxygen atoms in total. The summed E-state index contributed by atoms with van der Waals surface area (Å²) in [5.41, 5.74) is -1.62. The quantitative estimate of drug-likeness (QED) is 0.595. The fraction of sp³-hybridized carbons (Fsp3) is 0.357. The summed E-state index contributed by atoms with van der Waals surface area (Å²) in [5, 5.41) is 0. The van der Waals surface area contributed by atoms with Crippen molar-refractivity contribution >= 4 is 5.91 Å². The molecule has 0 radical (unpaired) electrons. The molecule has 0 aliphatic heterocycles. The lowest BCUT2D eigenvalue weighted by Crippen LogP contribution is -2.32. The molecule has 0 unspecified atom stereocenters. The van der Waals surface area contributed by atoms with Crippen LogP contribution in [-0.2, 0) is 6.18 Å². The van der Waals surface area contributed by atoms with Gasteiger partial charge in [0.1, 0.15) is 5.82 Å². The van der Waals surface area contributed by atoms with Crippen LogP contribution in [0.5, 0.6) is 0 Å². The second-order valence-electron chi connectivity index (χ2n) is 4.23. The van der Waals surface area contributed by atoms with Gasteiger partial charge in [0.25, 0.3) is 5.91 Å². The largest absolute Gasteiger partial charge is 0.419 e. The van der Waals surface area contributed by atoms with E-state index in [0.717, 1.165) is 6.07 Å². The zero-order valence-electron chi connectivity index (χ0n) is 11.0. The molecule has 20 heavy (non-hydrogen) atoms. The van der Waals surface area contributed by atoms with Crippen LogP contribution < -0.4 is 0 Å². The highest BCUT2D eigenvalue weighted by Crippen LogP contribution is 2.32. The van der Waals surface area contributed by atoms with Gasteiger partial charge in [-0.2, -0.15) is 13.2 Å². The van der Waals surface area contributed by atoms with Crippen molar-refractivity contribution in [2.75, 3.05) is 13.1 Å². The summed E-state index contributed by atoms with van der Waals surface area (Å²) < 4.78 is 51.0. The Morgan fingerprint density at radius 1 is 1.40 bits per heavy atom. The van der Waals surface area contributed by atoms with E-state index in [0.29, 0.717) is 25.1 Å². The van der Waals surface area contributed by atoms with Gasteiger partial charge in [0, 0.05) is 18.7 Å². The van der Waals surface area contributed by atoms with Crippen LogP contribution in [0.3, 0.4) is 0 Å². The minimum atomic E-state index is -4.83. The Hall–Kier alpha value is -1.85. The maximum Gasteiger partial charge on any atom is 0.419 e. The molecule has 0 heterocycles. The van der Waals surface area contributed by atoms with Crippen LogP contribution in [0.1, 0.15) is 29.3 Å². The van der Waals surface area contributed by atoms with E-state index in [-0.39, 0.29) is 12.1 Å². The number of nitrogens with zero attached hydrogens (tertiary/aromatic N) is 1. The molecule has 1 aromatic rings. The predicted molar refractivity (Wildman–Crippen MR) is 67.8 cm³/mol.